The van der Waals surface area contributed by atoms with Gasteiger partial charge in [0, 0.05) is 0 Å². The van der Waals surface area contributed by atoms with Crippen molar-refractivity contribution in [1.29, 1.82) is 5.26 Å². The molecule has 0 unspecified atom stereocenters. The molecule has 6 nitrogen and oxygen atoms in total. The second kappa shape index (κ2) is 5.03. The fourth-order valence-corrected chi connectivity index (χ4v) is 1.99. The molecular weight excluding hydrogens is 262 g/mol. The SMILES string of the molecule is N#Cc1ccc(C(=O)Cn2nnc(CCl)n2)s1. The predicted octanol–water partition coefficient (Wildman–Crippen LogP) is 1.23. The van der Waals surface area contributed by atoms with Gasteiger partial charge in [-0.25, -0.2) is 0 Å². The molecule has 0 aliphatic rings. The van der Waals surface area contributed by atoms with Crippen molar-refractivity contribution in [3.05, 3.63) is 27.7 Å². The van der Waals surface area contributed by atoms with Crippen LogP contribution in [0.5, 0.6) is 0 Å². The summed E-state index contributed by atoms with van der Waals surface area (Å²) in [7, 11) is 0. The number of nitrogens with zero attached hydrogens (tertiary/aromatic N) is 5. The lowest BCUT2D eigenvalue weighted by molar-refractivity contribution is 0.0965. The highest BCUT2D eigenvalue weighted by Gasteiger charge is 2.12. The Hall–Kier alpha value is -1.78. The maximum atomic E-state index is 11.8. The molecule has 0 aromatic carbocycles. The van der Waals surface area contributed by atoms with E-state index in [1.165, 1.54) is 4.80 Å². The van der Waals surface area contributed by atoms with Crippen LogP contribution in [-0.2, 0) is 12.4 Å². The topological polar surface area (TPSA) is 84.5 Å². The largest absolute Gasteiger partial charge is 0.291 e. The first kappa shape index (κ1) is 11.7. The van der Waals surface area contributed by atoms with Gasteiger partial charge < -0.3 is 0 Å². The zero-order chi connectivity index (χ0) is 12.3. The molecule has 0 N–H and O–H groups in total. The molecular formula is C9H6ClN5OS. The van der Waals surface area contributed by atoms with Gasteiger partial charge in [-0.15, -0.1) is 33.1 Å². The fraction of sp³-hybridized carbons (Fsp3) is 0.222. The molecule has 8 heteroatoms. The molecule has 0 spiro atoms. The molecule has 0 saturated heterocycles. The van der Waals surface area contributed by atoms with E-state index < -0.39 is 0 Å². The minimum absolute atomic E-state index is 0.00469. The van der Waals surface area contributed by atoms with E-state index in [0.717, 1.165) is 11.3 Å². The smallest absolute Gasteiger partial charge is 0.196 e. The Morgan fingerprint density at radius 2 is 2.41 bits per heavy atom. The lowest BCUT2D eigenvalue weighted by atomic mass is 10.3. The monoisotopic (exact) mass is 267 g/mol. The lowest BCUT2D eigenvalue weighted by Crippen LogP contribution is -2.12. The number of halogens is 1. The van der Waals surface area contributed by atoms with Crippen LogP contribution in [0.1, 0.15) is 20.4 Å². The van der Waals surface area contributed by atoms with Gasteiger partial charge in [0.15, 0.2) is 11.6 Å². The number of carbonyl (C=O) groups excluding carboxylic acids is 1. The highest BCUT2D eigenvalue weighted by atomic mass is 35.5. The summed E-state index contributed by atoms with van der Waals surface area (Å²) < 4.78 is 0. The average molecular weight is 268 g/mol. The van der Waals surface area contributed by atoms with E-state index >= 15 is 0 Å². The molecule has 2 rings (SSSR count). The van der Waals surface area contributed by atoms with Crippen LogP contribution in [0.3, 0.4) is 0 Å². The molecule has 0 radical (unpaired) electrons. The Morgan fingerprint density at radius 1 is 1.59 bits per heavy atom. The van der Waals surface area contributed by atoms with Crippen LogP contribution >= 0.6 is 22.9 Å². The molecule has 2 aromatic heterocycles. The molecule has 0 saturated carbocycles. The summed E-state index contributed by atoms with van der Waals surface area (Å²) in [6.07, 6.45) is 0. The normalized spacial score (nSPS) is 10.1. The number of ketones is 1. The number of hydrogen-bond acceptors (Lipinski definition) is 6. The molecule has 86 valence electrons. The van der Waals surface area contributed by atoms with E-state index in [9.17, 15) is 4.79 Å². The zero-order valence-corrected chi connectivity index (χ0v) is 10.1. The van der Waals surface area contributed by atoms with E-state index in [4.69, 9.17) is 16.9 Å². The van der Waals surface area contributed by atoms with Gasteiger partial charge in [0.05, 0.1) is 10.8 Å². The van der Waals surface area contributed by atoms with E-state index in [0.29, 0.717) is 15.6 Å². The molecule has 2 heterocycles. The number of carbonyl (C=O) groups is 1. The van der Waals surface area contributed by atoms with Gasteiger partial charge in [-0.05, 0) is 17.3 Å². The molecule has 17 heavy (non-hydrogen) atoms. The molecule has 2 aromatic rings. The summed E-state index contributed by atoms with van der Waals surface area (Å²) >= 11 is 6.67. The number of nitriles is 1. The predicted molar refractivity (Wildman–Crippen MR) is 60.7 cm³/mol. The van der Waals surface area contributed by atoms with Crippen molar-refractivity contribution in [3.63, 3.8) is 0 Å². The van der Waals surface area contributed by atoms with E-state index in [1.807, 2.05) is 6.07 Å². The van der Waals surface area contributed by atoms with Gasteiger partial charge in [-0.2, -0.15) is 10.1 Å². The number of thiophene rings is 1. The first-order valence-electron chi connectivity index (χ1n) is 4.58. The van der Waals surface area contributed by atoms with Crippen molar-refractivity contribution in [2.75, 3.05) is 0 Å². The quantitative estimate of drug-likeness (QED) is 0.614. The Morgan fingerprint density at radius 3 is 3.00 bits per heavy atom. The summed E-state index contributed by atoms with van der Waals surface area (Å²) in [4.78, 5) is 14.0. The van der Waals surface area contributed by atoms with Crippen LogP contribution < -0.4 is 0 Å². The van der Waals surface area contributed by atoms with E-state index in [-0.39, 0.29) is 18.2 Å². The Kier molecular flexibility index (Phi) is 3.46. The van der Waals surface area contributed by atoms with Crippen molar-refractivity contribution >= 4 is 28.7 Å². The minimum atomic E-state index is -0.157. The molecule has 0 aliphatic heterocycles. The van der Waals surface area contributed by atoms with Gasteiger partial charge in [0.1, 0.15) is 17.5 Å². The number of aromatic nitrogens is 4. The van der Waals surface area contributed by atoms with Crippen LogP contribution in [0.25, 0.3) is 0 Å². The molecule has 0 bridgehead atoms. The number of Topliss-reactive ketones (excluding diaryl/α,β-unsaturated/α-hetero) is 1. The standard InChI is InChI=1S/C9H6ClN5OS/c10-3-9-12-14-15(13-9)5-7(16)8-2-1-6(4-11)17-8/h1-2H,3,5H2. The number of rotatable bonds is 4. The minimum Gasteiger partial charge on any atom is -0.291 e. The summed E-state index contributed by atoms with van der Waals surface area (Å²) in [5.74, 6) is 0.379. The summed E-state index contributed by atoms with van der Waals surface area (Å²) in [6, 6.07) is 5.20. The maximum Gasteiger partial charge on any atom is 0.196 e. The van der Waals surface area contributed by atoms with E-state index in [1.54, 1.807) is 12.1 Å². The third-order valence-corrected chi connectivity index (χ3v) is 3.16. The van der Waals surface area contributed by atoms with Crippen LogP contribution in [0.15, 0.2) is 12.1 Å². The third kappa shape index (κ3) is 2.67. The Bertz CT molecular complexity index is 584. The number of alkyl halides is 1. The summed E-state index contributed by atoms with van der Waals surface area (Å²) in [6.45, 7) is -0.00469. The Balaban J connectivity index is 2.09. The van der Waals surface area contributed by atoms with Crippen molar-refractivity contribution < 1.29 is 4.79 Å². The molecule has 0 fully saturated rings. The highest BCUT2D eigenvalue weighted by molar-refractivity contribution is 7.14. The van der Waals surface area contributed by atoms with Crippen LogP contribution in [-0.4, -0.2) is 26.0 Å². The Labute approximate surface area is 105 Å². The first-order chi connectivity index (χ1) is 8.22. The third-order valence-electron chi connectivity index (χ3n) is 1.89. The van der Waals surface area contributed by atoms with Gasteiger partial charge in [0.25, 0.3) is 0 Å². The van der Waals surface area contributed by atoms with Crippen LogP contribution in [0.2, 0.25) is 0 Å². The van der Waals surface area contributed by atoms with Crippen molar-refractivity contribution in [2.45, 2.75) is 12.4 Å². The maximum absolute atomic E-state index is 11.8. The highest BCUT2D eigenvalue weighted by Crippen LogP contribution is 2.16. The molecule has 0 amide bonds. The van der Waals surface area contributed by atoms with Crippen LogP contribution in [0, 0.1) is 11.3 Å². The van der Waals surface area contributed by atoms with Gasteiger partial charge in [0.2, 0.25) is 0 Å². The van der Waals surface area contributed by atoms with Gasteiger partial charge in [-0.1, -0.05) is 0 Å². The van der Waals surface area contributed by atoms with Crippen molar-refractivity contribution in [1.82, 2.24) is 20.2 Å². The van der Waals surface area contributed by atoms with Crippen molar-refractivity contribution in [3.8, 4) is 6.07 Å². The average Bonchev–Trinajstić information content (AvgIpc) is 2.96. The van der Waals surface area contributed by atoms with Crippen molar-refractivity contribution in [2.24, 2.45) is 0 Å². The summed E-state index contributed by atoms with van der Waals surface area (Å²) in [5.41, 5.74) is 0. The molecule has 0 aliphatic carbocycles. The van der Waals surface area contributed by atoms with Crippen LogP contribution in [0.4, 0.5) is 0 Å². The number of hydrogen-bond donors (Lipinski definition) is 0. The first-order valence-corrected chi connectivity index (χ1v) is 5.94. The second-order valence-corrected chi connectivity index (χ2v) is 4.42. The second-order valence-electron chi connectivity index (χ2n) is 3.07. The zero-order valence-electron chi connectivity index (χ0n) is 8.50. The van der Waals surface area contributed by atoms with E-state index in [2.05, 4.69) is 15.4 Å². The van der Waals surface area contributed by atoms with Gasteiger partial charge >= 0.3 is 0 Å². The fourth-order valence-electron chi connectivity index (χ4n) is 1.15. The summed E-state index contributed by atoms with van der Waals surface area (Å²) in [5, 5.41) is 19.9. The number of tetrazole rings is 1. The van der Waals surface area contributed by atoms with Gasteiger partial charge in [-0.3, -0.25) is 4.79 Å². The molecule has 0 atom stereocenters. The lowest BCUT2D eigenvalue weighted by Gasteiger charge is -1.94.